The van der Waals surface area contributed by atoms with Crippen molar-refractivity contribution in [1.29, 1.82) is 0 Å². The molecule has 0 spiro atoms. The van der Waals surface area contributed by atoms with Crippen LogP contribution < -0.4 is 10.5 Å². The quantitative estimate of drug-likeness (QED) is 0.685. The number of methoxy groups -OCH3 is 1. The van der Waals surface area contributed by atoms with E-state index in [9.17, 15) is 13.2 Å². The summed E-state index contributed by atoms with van der Waals surface area (Å²) in [6.45, 7) is 4.05. The number of rotatable bonds is 8. The zero-order valence-electron chi connectivity index (χ0n) is 13.7. The Kier molecular flexibility index (Phi) is 8.76. The lowest BCUT2D eigenvalue weighted by atomic mass is 9.95. The van der Waals surface area contributed by atoms with Crippen molar-refractivity contribution in [3.63, 3.8) is 0 Å². The van der Waals surface area contributed by atoms with Gasteiger partial charge < -0.3 is 10.5 Å². The SMILES string of the molecule is CCC(N)(CC)CNS(=O)(=O)Cc1cccc(C(=O)OC)c1.Cl. The Morgan fingerprint density at radius 1 is 1.30 bits per heavy atom. The number of sulfonamides is 1. The van der Waals surface area contributed by atoms with Gasteiger partial charge in [0.1, 0.15) is 0 Å². The molecule has 0 unspecified atom stereocenters. The van der Waals surface area contributed by atoms with Crippen molar-refractivity contribution >= 4 is 28.4 Å². The fourth-order valence-electron chi connectivity index (χ4n) is 1.93. The van der Waals surface area contributed by atoms with Crippen LogP contribution in [0.15, 0.2) is 24.3 Å². The predicted octanol–water partition coefficient (Wildman–Crippen LogP) is 1.83. The summed E-state index contributed by atoms with van der Waals surface area (Å²) in [4.78, 5) is 11.5. The Hall–Kier alpha value is -1.15. The monoisotopic (exact) mass is 364 g/mol. The molecule has 0 bridgehead atoms. The van der Waals surface area contributed by atoms with Crippen LogP contribution in [0.3, 0.4) is 0 Å². The number of esters is 1. The molecule has 0 aliphatic heterocycles. The minimum Gasteiger partial charge on any atom is -0.465 e. The van der Waals surface area contributed by atoms with E-state index in [0.29, 0.717) is 24.0 Å². The highest BCUT2D eigenvalue weighted by atomic mass is 35.5. The first-order chi connectivity index (χ1) is 10.2. The largest absolute Gasteiger partial charge is 0.465 e. The van der Waals surface area contributed by atoms with Gasteiger partial charge in [0.2, 0.25) is 10.0 Å². The molecule has 0 heterocycles. The first kappa shape index (κ1) is 21.9. The van der Waals surface area contributed by atoms with Crippen LogP contribution in [0, 0.1) is 0 Å². The molecule has 0 amide bonds. The maximum Gasteiger partial charge on any atom is 0.337 e. The van der Waals surface area contributed by atoms with Crippen molar-refractivity contribution in [1.82, 2.24) is 4.72 Å². The Morgan fingerprint density at radius 3 is 2.43 bits per heavy atom. The number of hydrogen-bond acceptors (Lipinski definition) is 5. The number of nitrogens with one attached hydrogen (secondary N) is 1. The molecule has 0 aliphatic rings. The van der Waals surface area contributed by atoms with Crippen molar-refractivity contribution in [3.05, 3.63) is 35.4 Å². The van der Waals surface area contributed by atoms with E-state index in [2.05, 4.69) is 9.46 Å². The molecule has 1 aromatic carbocycles. The summed E-state index contributed by atoms with van der Waals surface area (Å²) >= 11 is 0. The van der Waals surface area contributed by atoms with Gasteiger partial charge >= 0.3 is 5.97 Å². The normalized spacial score (nSPS) is 11.7. The number of benzene rings is 1. The molecule has 0 aromatic heterocycles. The fourth-order valence-corrected chi connectivity index (χ4v) is 3.16. The van der Waals surface area contributed by atoms with Gasteiger partial charge in [-0.05, 0) is 30.5 Å². The smallest absolute Gasteiger partial charge is 0.337 e. The second kappa shape index (κ2) is 9.22. The summed E-state index contributed by atoms with van der Waals surface area (Å²) in [5, 5.41) is 0. The van der Waals surface area contributed by atoms with Gasteiger partial charge in [0.15, 0.2) is 0 Å². The summed E-state index contributed by atoms with van der Waals surface area (Å²) in [6.07, 6.45) is 1.37. The first-order valence-electron chi connectivity index (χ1n) is 7.18. The van der Waals surface area contributed by atoms with Crippen molar-refractivity contribution in [2.24, 2.45) is 5.73 Å². The first-order valence-corrected chi connectivity index (χ1v) is 8.84. The van der Waals surface area contributed by atoms with Gasteiger partial charge in [-0.3, -0.25) is 0 Å². The lowest BCUT2D eigenvalue weighted by Gasteiger charge is -2.26. The Morgan fingerprint density at radius 2 is 1.91 bits per heavy atom. The van der Waals surface area contributed by atoms with Crippen molar-refractivity contribution in [3.8, 4) is 0 Å². The van der Waals surface area contributed by atoms with Gasteiger partial charge in [0, 0.05) is 12.1 Å². The van der Waals surface area contributed by atoms with Gasteiger partial charge in [-0.2, -0.15) is 0 Å². The predicted molar refractivity (Wildman–Crippen MR) is 93.2 cm³/mol. The van der Waals surface area contributed by atoms with Gasteiger partial charge in [-0.15, -0.1) is 12.4 Å². The topological polar surface area (TPSA) is 98.5 Å². The average molecular weight is 365 g/mol. The Balaban J connectivity index is 0.00000484. The van der Waals surface area contributed by atoms with Crippen LogP contribution in [0.1, 0.15) is 42.6 Å². The third kappa shape index (κ3) is 6.87. The number of carbonyl (C=O) groups excluding carboxylic acids is 1. The van der Waals surface area contributed by atoms with Crippen molar-refractivity contribution in [2.75, 3.05) is 13.7 Å². The van der Waals surface area contributed by atoms with Gasteiger partial charge in [-0.1, -0.05) is 26.0 Å². The van der Waals surface area contributed by atoms with Crippen LogP contribution in [0.4, 0.5) is 0 Å². The molecule has 0 radical (unpaired) electrons. The van der Waals surface area contributed by atoms with Gasteiger partial charge in [0.25, 0.3) is 0 Å². The number of ether oxygens (including phenoxy) is 1. The molecular formula is C15H25ClN2O4S. The maximum atomic E-state index is 12.1. The van der Waals surface area contributed by atoms with Crippen LogP contribution in [0.2, 0.25) is 0 Å². The van der Waals surface area contributed by atoms with E-state index < -0.39 is 21.5 Å². The molecule has 3 N–H and O–H groups in total. The van der Waals surface area contributed by atoms with Gasteiger partial charge in [-0.25, -0.2) is 17.9 Å². The highest BCUT2D eigenvalue weighted by molar-refractivity contribution is 7.88. The molecule has 132 valence electrons. The van der Waals surface area contributed by atoms with E-state index in [-0.39, 0.29) is 24.7 Å². The fraction of sp³-hybridized carbons (Fsp3) is 0.533. The summed E-state index contributed by atoms with van der Waals surface area (Å²) < 4.78 is 31.5. The third-order valence-corrected chi connectivity index (χ3v) is 5.05. The molecule has 0 saturated heterocycles. The summed E-state index contributed by atoms with van der Waals surface area (Å²) in [5.41, 5.74) is 6.39. The van der Waals surface area contributed by atoms with E-state index >= 15 is 0 Å². The molecule has 0 fully saturated rings. The molecule has 1 aromatic rings. The van der Waals surface area contributed by atoms with Crippen LogP contribution >= 0.6 is 12.4 Å². The molecule has 0 saturated carbocycles. The molecule has 6 nitrogen and oxygen atoms in total. The molecule has 8 heteroatoms. The zero-order valence-corrected chi connectivity index (χ0v) is 15.3. The van der Waals surface area contributed by atoms with Crippen LogP contribution in [0.5, 0.6) is 0 Å². The van der Waals surface area contributed by atoms with Crippen molar-refractivity contribution < 1.29 is 17.9 Å². The second-order valence-corrected chi connectivity index (χ2v) is 7.15. The third-order valence-electron chi connectivity index (χ3n) is 3.76. The van der Waals surface area contributed by atoms with Gasteiger partial charge in [0.05, 0.1) is 18.4 Å². The van der Waals surface area contributed by atoms with Crippen LogP contribution in [0.25, 0.3) is 0 Å². The van der Waals surface area contributed by atoms with E-state index in [4.69, 9.17) is 5.73 Å². The summed E-state index contributed by atoms with van der Waals surface area (Å²) in [7, 11) is -2.24. The highest BCUT2D eigenvalue weighted by Crippen LogP contribution is 2.12. The average Bonchev–Trinajstić information content (AvgIpc) is 2.51. The van der Waals surface area contributed by atoms with E-state index in [0.717, 1.165) is 0 Å². The summed E-state index contributed by atoms with van der Waals surface area (Å²) in [5.74, 6) is -0.702. The molecule has 1 rings (SSSR count). The Bertz CT molecular complexity index is 616. The van der Waals surface area contributed by atoms with E-state index in [1.54, 1.807) is 18.2 Å². The zero-order chi connectivity index (χ0) is 16.8. The minimum atomic E-state index is -3.52. The highest BCUT2D eigenvalue weighted by Gasteiger charge is 2.23. The number of carbonyl (C=O) groups is 1. The van der Waals surface area contributed by atoms with E-state index in [1.807, 2.05) is 13.8 Å². The Labute approximate surface area is 144 Å². The second-order valence-electron chi connectivity index (χ2n) is 5.34. The lowest BCUT2D eigenvalue weighted by Crippen LogP contribution is -2.49. The van der Waals surface area contributed by atoms with Crippen LogP contribution in [-0.2, 0) is 20.5 Å². The van der Waals surface area contributed by atoms with Crippen LogP contribution in [-0.4, -0.2) is 33.6 Å². The van der Waals surface area contributed by atoms with E-state index in [1.165, 1.54) is 13.2 Å². The maximum absolute atomic E-state index is 12.1. The molecule has 0 atom stereocenters. The number of halogens is 1. The molecule has 0 aliphatic carbocycles. The molecule has 23 heavy (non-hydrogen) atoms. The number of nitrogens with two attached hydrogens (primary N) is 1. The number of hydrogen-bond donors (Lipinski definition) is 2. The standard InChI is InChI=1S/C15H24N2O4S.ClH/c1-4-15(16,5-2)11-17-22(19,20)10-12-7-6-8-13(9-12)14(18)21-3;/h6-9,17H,4-5,10-11,16H2,1-3H3;1H. The van der Waals surface area contributed by atoms with Crippen molar-refractivity contribution in [2.45, 2.75) is 38.0 Å². The lowest BCUT2D eigenvalue weighted by molar-refractivity contribution is 0.0600. The minimum absolute atomic E-state index is 0. The molecular weight excluding hydrogens is 340 g/mol. The summed E-state index contributed by atoms with van der Waals surface area (Å²) in [6, 6.07) is 6.37.